The van der Waals surface area contributed by atoms with Crippen LogP contribution in [0.3, 0.4) is 0 Å². The summed E-state index contributed by atoms with van der Waals surface area (Å²) in [4.78, 5) is 0. The lowest BCUT2D eigenvalue weighted by Gasteiger charge is -2.09. The average Bonchev–Trinajstić information content (AvgIpc) is 2.62. The molecule has 0 aliphatic heterocycles. The van der Waals surface area contributed by atoms with Crippen molar-refractivity contribution in [1.29, 1.82) is 0 Å². The maximum Gasteiger partial charge on any atom is 0.156 e. The number of halogens is 2. The lowest BCUT2D eigenvalue weighted by Crippen LogP contribution is -2.00. The lowest BCUT2D eigenvalue weighted by atomic mass is 10.2. The van der Waals surface area contributed by atoms with E-state index in [-0.39, 0.29) is 0 Å². The van der Waals surface area contributed by atoms with Crippen molar-refractivity contribution >= 4 is 34.6 Å². The first-order valence-electron chi connectivity index (χ1n) is 4.97. The molecule has 0 aliphatic rings. The van der Waals surface area contributed by atoms with Crippen molar-refractivity contribution in [2.24, 2.45) is 0 Å². The van der Waals surface area contributed by atoms with Gasteiger partial charge in [0, 0.05) is 11.8 Å². The Morgan fingerprint density at radius 1 is 1.29 bits per heavy atom. The molecule has 6 heteroatoms. The summed E-state index contributed by atoms with van der Waals surface area (Å²) in [6.07, 6.45) is 0. The molecule has 0 saturated carbocycles. The van der Waals surface area contributed by atoms with Crippen LogP contribution in [0.1, 0.15) is 11.5 Å². The number of aromatic nitrogens is 1. The van der Waals surface area contributed by atoms with Crippen LogP contribution < -0.4 is 11.1 Å². The second-order valence-electron chi connectivity index (χ2n) is 3.65. The molecule has 1 aromatic carbocycles. The molecule has 3 N–H and O–H groups in total. The SMILES string of the molecule is Cc1cc(CNc2c(Cl)cc(N)cc2Cl)on1. The van der Waals surface area contributed by atoms with Gasteiger partial charge in [0.1, 0.15) is 0 Å². The van der Waals surface area contributed by atoms with E-state index in [1.54, 1.807) is 12.1 Å². The van der Waals surface area contributed by atoms with Crippen LogP contribution in [0.2, 0.25) is 10.0 Å². The Kier molecular flexibility index (Phi) is 3.45. The number of nitrogens with two attached hydrogens (primary N) is 1. The fourth-order valence-electron chi connectivity index (χ4n) is 1.44. The molecule has 0 bridgehead atoms. The summed E-state index contributed by atoms with van der Waals surface area (Å²) in [5.41, 5.74) is 7.61. The molecular formula is C11H11Cl2N3O. The second kappa shape index (κ2) is 4.85. The number of aryl methyl sites for hydroxylation is 1. The molecule has 17 heavy (non-hydrogen) atoms. The van der Waals surface area contributed by atoms with E-state index in [9.17, 15) is 0 Å². The van der Waals surface area contributed by atoms with Gasteiger partial charge in [0.2, 0.25) is 0 Å². The summed E-state index contributed by atoms with van der Waals surface area (Å²) in [5, 5.41) is 7.83. The van der Waals surface area contributed by atoms with Gasteiger partial charge in [-0.05, 0) is 19.1 Å². The summed E-state index contributed by atoms with van der Waals surface area (Å²) in [6.45, 7) is 2.32. The molecule has 0 radical (unpaired) electrons. The van der Waals surface area contributed by atoms with Crippen molar-refractivity contribution < 1.29 is 4.52 Å². The first-order valence-corrected chi connectivity index (χ1v) is 5.72. The van der Waals surface area contributed by atoms with Gasteiger partial charge in [-0.1, -0.05) is 28.4 Å². The van der Waals surface area contributed by atoms with Crippen molar-refractivity contribution in [3.63, 3.8) is 0 Å². The highest BCUT2D eigenvalue weighted by Gasteiger charge is 2.08. The molecule has 90 valence electrons. The molecule has 0 fully saturated rings. The van der Waals surface area contributed by atoms with Gasteiger partial charge in [0.25, 0.3) is 0 Å². The maximum absolute atomic E-state index is 6.03. The third-order valence-corrected chi connectivity index (χ3v) is 2.78. The Bertz CT molecular complexity index is 516. The number of nitrogen functional groups attached to an aromatic ring is 1. The van der Waals surface area contributed by atoms with Crippen molar-refractivity contribution in [2.45, 2.75) is 13.5 Å². The Labute approximate surface area is 109 Å². The van der Waals surface area contributed by atoms with Gasteiger partial charge in [0.05, 0.1) is 28.0 Å². The summed E-state index contributed by atoms with van der Waals surface area (Å²) in [7, 11) is 0. The van der Waals surface area contributed by atoms with Crippen LogP contribution in [0.4, 0.5) is 11.4 Å². The molecule has 2 aromatic rings. The van der Waals surface area contributed by atoms with Crippen LogP contribution in [0.15, 0.2) is 22.7 Å². The molecule has 0 saturated heterocycles. The number of hydrogen-bond acceptors (Lipinski definition) is 4. The fraction of sp³-hybridized carbons (Fsp3) is 0.182. The molecule has 1 aromatic heterocycles. The Morgan fingerprint density at radius 2 is 1.94 bits per heavy atom. The molecular weight excluding hydrogens is 261 g/mol. The van der Waals surface area contributed by atoms with Crippen molar-refractivity contribution in [3.8, 4) is 0 Å². The average molecular weight is 272 g/mol. The second-order valence-corrected chi connectivity index (χ2v) is 4.46. The number of anilines is 2. The van der Waals surface area contributed by atoms with Gasteiger partial charge >= 0.3 is 0 Å². The van der Waals surface area contributed by atoms with Crippen LogP contribution in [0.25, 0.3) is 0 Å². The first kappa shape index (κ1) is 12.1. The van der Waals surface area contributed by atoms with E-state index in [1.165, 1.54) is 0 Å². The molecule has 0 amide bonds. The molecule has 0 aliphatic carbocycles. The minimum absolute atomic E-state index is 0.462. The molecule has 2 rings (SSSR count). The van der Waals surface area contributed by atoms with Crippen molar-refractivity contribution in [2.75, 3.05) is 11.1 Å². The van der Waals surface area contributed by atoms with E-state index >= 15 is 0 Å². The van der Waals surface area contributed by atoms with Crippen LogP contribution in [0.5, 0.6) is 0 Å². The molecule has 4 nitrogen and oxygen atoms in total. The third-order valence-electron chi connectivity index (χ3n) is 2.18. The molecule has 1 heterocycles. The van der Waals surface area contributed by atoms with Crippen LogP contribution >= 0.6 is 23.2 Å². The topological polar surface area (TPSA) is 64.1 Å². The Hall–Kier alpha value is -1.39. The number of nitrogens with one attached hydrogen (secondary N) is 1. The molecule has 0 atom stereocenters. The summed E-state index contributed by atoms with van der Waals surface area (Å²) < 4.78 is 5.07. The zero-order valence-corrected chi connectivity index (χ0v) is 10.6. The van der Waals surface area contributed by atoms with Crippen molar-refractivity contribution in [3.05, 3.63) is 39.7 Å². The number of rotatable bonds is 3. The standard InChI is InChI=1S/C11H11Cl2N3O/c1-6-2-8(17-16-6)5-15-11-9(12)3-7(14)4-10(11)13/h2-4,15H,5,14H2,1H3. The van der Waals surface area contributed by atoms with Gasteiger partial charge in [-0.25, -0.2) is 0 Å². The quantitative estimate of drug-likeness (QED) is 0.839. The van der Waals surface area contributed by atoms with E-state index in [1.807, 2.05) is 13.0 Å². The highest BCUT2D eigenvalue weighted by atomic mass is 35.5. The Morgan fingerprint density at radius 3 is 2.47 bits per heavy atom. The minimum atomic E-state index is 0.462. The minimum Gasteiger partial charge on any atom is -0.399 e. The van der Waals surface area contributed by atoms with E-state index in [0.29, 0.717) is 33.7 Å². The van der Waals surface area contributed by atoms with Gasteiger partial charge < -0.3 is 15.6 Å². The third kappa shape index (κ3) is 2.84. The number of benzene rings is 1. The van der Waals surface area contributed by atoms with E-state index in [0.717, 1.165) is 5.69 Å². The maximum atomic E-state index is 6.03. The highest BCUT2D eigenvalue weighted by Crippen LogP contribution is 2.33. The normalized spacial score (nSPS) is 10.5. The highest BCUT2D eigenvalue weighted by molar-refractivity contribution is 6.39. The smallest absolute Gasteiger partial charge is 0.156 e. The molecule has 0 spiro atoms. The van der Waals surface area contributed by atoms with E-state index in [2.05, 4.69) is 10.5 Å². The summed E-state index contributed by atoms with van der Waals surface area (Å²) in [6, 6.07) is 5.12. The number of nitrogens with zero attached hydrogens (tertiary/aromatic N) is 1. The first-order chi connectivity index (χ1) is 8.06. The predicted molar refractivity (Wildman–Crippen MR) is 69.4 cm³/mol. The molecule has 0 unspecified atom stereocenters. The van der Waals surface area contributed by atoms with Crippen LogP contribution in [-0.4, -0.2) is 5.16 Å². The van der Waals surface area contributed by atoms with E-state index in [4.69, 9.17) is 33.5 Å². The zero-order chi connectivity index (χ0) is 12.4. The van der Waals surface area contributed by atoms with Gasteiger partial charge in [0.15, 0.2) is 5.76 Å². The summed E-state index contributed by atoms with van der Waals surface area (Å²) in [5.74, 6) is 0.714. The van der Waals surface area contributed by atoms with Crippen LogP contribution in [0, 0.1) is 6.92 Å². The van der Waals surface area contributed by atoms with Gasteiger partial charge in [-0.3, -0.25) is 0 Å². The lowest BCUT2D eigenvalue weighted by molar-refractivity contribution is 0.384. The summed E-state index contributed by atoms with van der Waals surface area (Å²) >= 11 is 12.1. The predicted octanol–water partition coefficient (Wildman–Crippen LogP) is 3.48. The Balaban J connectivity index is 2.14. The van der Waals surface area contributed by atoms with Crippen LogP contribution in [-0.2, 0) is 6.54 Å². The van der Waals surface area contributed by atoms with E-state index < -0.39 is 0 Å². The number of hydrogen-bond donors (Lipinski definition) is 2. The van der Waals surface area contributed by atoms with Gasteiger partial charge in [-0.15, -0.1) is 0 Å². The van der Waals surface area contributed by atoms with Gasteiger partial charge in [-0.2, -0.15) is 0 Å². The fourth-order valence-corrected chi connectivity index (χ4v) is 2.07. The zero-order valence-electron chi connectivity index (χ0n) is 9.13. The monoisotopic (exact) mass is 271 g/mol. The van der Waals surface area contributed by atoms with Crippen molar-refractivity contribution in [1.82, 2.24) is 5.16 Å². The largest absolute Gasteiger partial charge is 0.399 e.